The standard InChI is InChI=1S/C13H11ClIN3O/c1-16-12-7-17-5-4-9(12)13(19)18-11-3-2-8(14)6-10(11)15/h2-7,16H,1H3,(H,18,19). The smallest absolute Gasteiger partial charge is 0.257 e. The van der Waals surface area contributed by atoms with Gasteiger partial charge in [0.1, 0.15) is 0 Å². The first-order chi connectivity index (χ1) is 9.11. The van der Waals surface area contributed by atoms with E-state index in [1.54, 1.807) is 43.7 Å². The molecule has 6 heteroatoms. The van der Waals surface area contributed by atoms with E-state index in [1.807, 2.05) is 0 Å². The van der Waals surface area contributed by atoms with E-state index in [-0.39, 0.29) is 5.91 Å². The highest BCUT2D eigenvalue weighted by Gasteiger charge is 2.12. The van der Waals surface area contributed by atoms with Crippen molar-refractivity contribution in [3.8, 4) is 0 Å². The lowest BCUT2D eigenvalue weighted by atomic mass is 10.2. The van der Waals surface area contributed by atoms with E-state index in [2.05, 4.69) is 38.2 Å². The minimum Gasteiger partial charge on any atom is -0.386 e. The summed E-state index contributed by atoms with van der Waals surface area (Å²) < 4.78 is 0.888. The highest BCUT2D eigenvalue weighted by atomic mass is 127. The van der Waals surface area contributed by atoms with E-state index >= 15 is 0 Å². The van der Waals surface area contributed by atoms with Crippen molar-refractivity contribution in [3.63, 3.8) is 0 Å². The number of amides is 1. The number of rotatable bonds is 3. The van der Waals surface area contributed by atoms with Crippen LogP contribution in [0.2, 0.25) is 5.02 Å². The molecule has 2 N–H and O–H groups in total. The molecule has 0 radical (unpaired) electrons. The second-order valence-electron chi connectivity index (χ2n) is 3.75. The minimum atomic E-state index is -0.188. The van der Waals surface area contributed by atoms with Crippen molar-refractivity contribution in [3.05, 3.63) is 50.8 Å². The zero-order chi connectivity index (χ0) is 13.8. The van der Waals surface area contributed by atoms with Gasteiger partial charge in [0.05, 0.1) is 23.1 Å². The second-order valence-corrected chi connectivity index (χ2v) is 5.35. The molecule has 2 aromatic rings. The maximum atomic E-state index is 12.2. The van der Waals surface area contributed by atoms with Crippen LogP contribution in [0.15, 0.2) is 36.7 Å². The molecule has 4 nitrogen and oxygen atoms in total. The molecule has 0 aliphatic rings. The molecule has 19 heavy (non-hydrogen) atoms. The van der Waals surface area contributed by atoms with Crippen LogP contribution < -0.4 is 10.6 Å². The monoisotopic (exact) mass is 387 g/mol. The van der Waals surface area contributed by atoms with Gasteiger partial charge >= 0.3 is 0 Å². The van der Waals surface area contributed by atoms with Crippen molar-refractivity contribution in [2.75, 3.05) is 17.7 Å². The SMILES string of the molecule is CNc1cnccc1C(=O)Nc1ccc(Cl)cc1I. The summed E-state index contributed by atoms with van der Waals surface area (Å²) in [5.41, 5.74) is 1.96. The molecule has 2 rings (SSSR count). The van der Waals surface area contributed by atoms with Crippen molar-refractivity contribution in [1.82, 2.24) is 4.98 Å². The summed E-state index contributed by atoms with van der Waals surface area (Å²) in [6.07, 6.45) is 3.20. The molecular weight excluding hydrogens is 377 g/mol. The number of nitrogens with one attached hydrogen (secondary N) is 2. The normalized spacial score (nSPS) is 10.1. The Labute approximate surface area is 129 Å². The van der Waals surface area contributed by atoms with E-state index in [4.69, 9.17) is 11.6 Å². The van der Waals surface area contributed by atoms with Crippen LogP contribution in [-0.2, 0) is 0 Å². The first-order valence-electron chi connectivity index (χ1n) is 5.50. The Morgan fingerprint density at radius 1 is 1.32 bits per heavy atom. The first-order valence-corrected chi connectivity index (χ1v) is 6.95. The van der Waals surface area contributed by atoms with Crippen LogP contribution in [0.4, 0.5) is 11.4 Å². The minimum absolute atomic E-state index is 0.188. The first kappa shape index (κ1) is 14.1. The lowest BCUT2D eigenvalue weighted by Crippen LogP contribution is -2.14. The van der Waals surface area contributed by atoms with Crippen LogP contribution in [0.3, 0.4) is 0 Å². The highest BCUT2D eigenvalue weighted by Crippen LogP contribution is 2.23. The van der Waals surface area contributed by atoms with Crippen LogP contribution in [0, 0.1) is 3.57 Å². The Morgan fingerprint density at radius 3 is 2.79 bits per heavy atom. The van der Waals surface area contributed by atoms with Crippen molar-refractivity contribution >= 4 is 51.5 Å². The fraction of sp³-hybridized carbons (Fsp3) is 0.0769. The quantitative estimate of drug-likeness (QED) is 0.791. The van der Waals surface area contributed by atoms with Gasteiger partial charge in [-0.05, 0) is 46.9 Å². The molecule has 0 aliphatic heterocycles. The topological polar surface area (TPSA) is 54.0 Å². The molecule has 1 heterocycles. The number of carbonyl (C=O) groups excluding carboxylic acids is 1. The zero-order valence-corrected chi connectivity index (χ0v) is 13.0. The van der Waals surface area contributed by atoms with Gasteiger partial charge < -0.3 is 10.6 Å². The maximum absolute atomic E-state index is 12.2. The molecule has 0 saturated carbocycles. The van der Waals surface area contributed by atoms with E-state index in [0.29, 0.717) is 16.3 Å². The van der Waals surface area contributed by atoms with Crippen LogP contribution in [0.1, 0.15) is 10.4 Å². The second kappa shape index (κ2) is 6.21. The summed E-state index contributed by atoms with van der Waals surface area (Å²) in [5, 5.41) is 6.44. The molecule has 1 aromatic carbocycles. The van der Waals surface area contributed by atoms with E-state index in [9.17, 15) is 4.79 Å². The van der Waals surface area contributed by atoms with Crippen molar-refractivity contribution in [2.24, 2.45) is 0 Å². The number of benzene rings is 1. The van der Waals surface area contributed by atoms with E-state index in [0.717, 1.165) is 9.26 Å². The summed E-state index contributed by atoms with van der Waals surface area (Å²) in [6, 6.07) is 6.99. The van der Waals surface area contributed by atoms with Crippen LogP contribution in [-0.4, -0.2) is 17.9 Å². The van der Waals surface area contributed by atoms with Crippen molar-refractivity contribution in [1.29, 1.82) is 0 Å². The molecule has 98 valence electrons. The predicted octanol–water partition coefficient (Wildman–Crippen LogP) is 3.63. The average molecular weight is 388 g/mol. The Kier molecular flexibility index (Phi) is 4.60. The van der Waals surface area contributed by atoms with Gasteiger partial charge in [0.15, 0.2) is 0 Å². The Hall–Kier alpha value is -1.34. The largest absolute Gasteiger partial charge is 0.386 e. The number of halogens is 2. The molecule has 0 fully saturated rings. The fourth-order valence-electron chi connectivity index (χ4n) is 1.57. The molecular formula is C13H11ClIN3O. The molecule has 1 amide bonds. The fourth-order valence-corrected chi connectivity index (χ4v) is 2.58. The lowest BCUT2D eigenvalue weighted by molar-refractivity contribution is 0.102. The van der Waals surface area contributed by atoms with Gasteiger partial charge in [0.2, 0.25) is 0 Å². The summed E-state index contributed by atoms with van der Waals surface area (Å²) >= 11 is 8.01. The summed E-state index contributed by atoms with van der Waals surface area (Å²) in [6.45, 7) is 0. The number of pyridine rings is 1. The van der Waals surface area contributed by atoms with Gasteiger partial charge in [-0.15, -0.1) is 0 Å². The number of hydrogen-bond acceptors (Lipinski definition) is 3. The Morgan fingerprint density at radius 2 is 2.11 bits per heavy atom. The van der Waals surface area contributed by atoms with Gasteiger partial charge in [-0.3, -0.25) is 9.78 Å². The number of anilines is 2. The average Bonchev–Trinajstić information content (AvgIpc) is 2.41. The van der Waals surface area contributed by atoms with E-state index in [1.165, 1.54) is 0 Å². The van der Waals surface area contributed by atoms with E-state index < -0.39 is 0 Å². The van der Waals surface area contributed by atoms with Gasteiger partial charge in [-0.1, -0.05) is 11.6 Å². The predicted molar refractivity (Wildman–Crippen MR) is 85.9 cm³/mol. The molecule has 0 atom stereocenters. The third-order valence-electron chi connectivity index (χ3n) is 2.51. The molecule has 0 spiro atoms. The molecule has 0 bridgehead atoms. The van der Waals surface area contributed by atoms with Gasteiger partial charge in [0.25, 0.3) is 5.91 Å². The summed E-state index contributed by atoms with van der Waals surface area (Å²) in [4.78, 5) is 16.2. The number of nitrogens with zero attached hydrogens (tertiary/aromatic N) is 1. The maximum Gasteiger partial charge on any atom is 0.257 e. The third-order valence-corrected chi connectivity index (χ3v) is 3.64. The highest BCUT2D eigenvalue weighted by molar-refractivity contribution is 14.1. The van der Waals surface area contributed by atoms with Gasteiger partial charge in [-0.25, -0.2) is 0 Å². The molecule has 0 saturated heterocycles. The number of hydrogen-bond donors (Lipinski definition) is 2. The Bertz CT molecular complexity index is 619. The molecule has 0 aliphatic carbocycles. The number of aromatic nitrogens is 1. The lowest BCUT2D eigenvalue weighted by Gasteiger charge is -2.10. The zero-order valence-electron chi connectivity index (χ0n) is 10.1. The Balaban J connectivity index is 2.26. The van der Waals surface area contributed by atoms with Gasteiger partial charge in [0, 0.05) is 21.8 Å². The summed E-state index contributed by atoms with van der Waals surface area (Å²) in [5.74, 6) is -0.188. The summed E-state index contributed by atoms with van der Waals surface area (Å²) in [7, 11) is 1.75. The van der Waals surface area contributed by atoms with Gasteiger partial charge in [-0.2, -0.15) is 0 Å². The van der Waals surface area contributed by atoms with Crippen LogP contribution in [0.25, 0.3) is 0 Å². The van der Waals surface area contributed by atoms with Crippen LogP contribution >= 0.6 is 34.2 Å². The molecule has 0 unspecified atom stereocenters. The van der Waals surface area contributed by atoms with Crippen LogP contribution in [0.5, 0.6) is 0 Å². The number of carbonyl (C=O) groups is 1. The molecule has 1 aromatic heterocycles. The van der Waals surface area contributed by atoms with Crippen molar-refractivity contribution in [2.45, 2.75) is 0 Å². The third kappa shape index (κ3) is 3.36. The van der Waals surface area contributed by atoms with Crippen molar-refractivity contribution < 1.29 is 4.79 Å².